The van der Waals surface area contributed by atoms with Crippen molar-refractivity contribution >= 4 is 20.9 Å². The number of nitrogens with zero attached hydrogens (tertiary/aromatic N) is 2. The lowest BCUT2D eigenvalue weighted by Crippen LogP contribution is -2.13. The number of pyridine rings is 2. The first kappa shape index (κ1) is 13.5. The van der Waals surface area contributed by atoms with Crippen molar-refractivity contribution in [2.45, 2.75) is 4.90 Å². The van der Waals surface area contributed by atoms with E-state index in [9.17, 15) is 8.42 Å². The summed E-state index contributed by atoms with van der Waals surface area (Å²) in [5, 5.41) is 5.92. The summed E-state index contributed by atoms with van der Waals surface area (Å²) >= 11 is 0. The Hall–Kier alpha value is -2.51. The van der Waals surface area contributed by atoms with Crippen molar-refractivity contribution in [3.63, 3.8) is 0 Å². The van der Waals surface area contributed by atoms with Crippen molar-refractivity contribution < 1.29 is 13.2 Å². The van der Waals surface area contributed by atoms with Crippen molar-refractivity contribution in [3.8, 4) is 11.6 Å². The molecule has 2 aromatic heterocycles. The number of aromatic nitrogens is 2. The van der Waals surface area contributed by atoms with Gasteiger partial charge in [0.15, 0.2) is 0 Å². The molecule has 0 unspecified atom stereocenters. The third-order valence-corrected chi connectivity index (χ3v) is 3.78. The van der Waals surface area contributed by atoms with Gasteiger partial charge in [0.2, 0.25) is 15.9 Å². The molecule has 0 spiro atoms. The van der Waals surface area contributed by atoms with E-state index in [1.54, 1.807) is 24.4 Å². The third-order valence-electron chi connectivity index (χ3n) is 2.86. The van der Waals surface area contributed by atoms with Crippen LogP contribution in [-0.4, -0.2) is 18.4 Å². The number of hydrogen-bond acceptors (Lipinski definition) is 5. The smallest absolute Gasteiger partial charge is 0.243 e. The van der Waals surface area contributed by atoms with E-state index in [4.69, 9.17) is 9.88 Å². The Labute approximate surface area is 121 Å². The van der Waals surface area contributed by atoms with Gasteiger partial charge >= 0.3 is 0 Å². The number of sulfonamides is 1. The van der Waals surface area contributed by atoms with E-state index in [1.165, 1.54) is 18.3 Å². The van der Waals surface area contributed by atoms with E-state index < -0.39 is 10.0 Å². The molecule has 3 rings (SSSR count). The lowest BCUT2D eigenvalue weighted by molar-refractivity contribution is 0.452. The molecule has 3 aromatic rings. The van der Waals surface area contributed by atoms with E-state index in [1.807, 2.05) is 12.1 Å². The van der Waals surface area contributed by atoms with Crippen molar-refractivity contribution in [2.75, 3.05) is 0 Å². The minimum Gasteiger partial charge on any atom is -0.437 e. The molecule has 1 aromatic carbocycles. The Morgan fingerprint density at radius 2 is 1.71 bits per heavy atom. The van der Waals surface area contributed by atoms with Crippen LogP contribution < -0.4 is 9.88 Å². The monoisotopic (exact) mass is 301 g/mol. The first-order valence-electron chi connectivity index (χ1n) is 6.05. The molecule has 21 heavy (non-hydrogen) atoms. The normalized spacial score (nSPS) is 11.5. The molecular formula is C14H11N3O3S. The molecule has 6 nitrogen and oxygen atoms in total. The standard InChI is InChI=1S/C14H11N3O3S/c15-21(18,19)13-7-3-9-17-14(13)20-12-6-1-5-11-10(12)4-2-8-16-11/h1-9H,(H2,15,18,19). The summed E-state index contributed by atoms with van der Waals surface area (Å²) in [6.07, 6.45) is 3.11. The SMILES string of the molecule is NS(=O)(=O)c1cccnc1Oc1cccc2ncccc12. The van der Waals surface area contributed by atoms with E-state index in [0.29, 0.717) is 5.75 Å². The molecule has 2 N–H and O–H groups in total. The Kier molecular flexibility index (Phi) is 3.28. The van der Waals surface area contributed by atoms with Gasteiger partial charge in [-0.1, -0.05) is 6.07 Å². The Morgan fingerprint density at radius 3 is 2.52 bits per heavy atom. The maximum atomic E-state index is 11.6. The van der Waals surface area contributed by atoms with Crippen LogP contribution in [0.1, 0.15) is 0 Å². The van der Waals surface area contributed by atoms with Gasteiger partial charge < -0.3 is 4.74 Å². The average Bonchev–Trinajstić information content (AvgIpc) is 2.47. The lowest BCUT2D eigenvalue weighted by Gasteiger charge is -2.10. The maximum absolute atomic E-state index is 11.6. The summed E-state index contributed by atoms with van der Waals surface area (Å²) in [4.78, 5) is 8.00. The number of fused-ring (bicyclic) bond motifs is 1. The van der Waals surface area contributed by atoms with Gasteiger partial charge in [0.1, 0.15) is 10.6 Å². The van der Waals surface area contributed by atoms with Crippen LogP contribution in [0.2, 0.25) is 0 Å². The molecule has 2 heterocycles. The van der Waals surface area contributed by atoms with Gasteiger partial charge in [-0.2, -0.15) is 0 Å². The van der Waals surface area contributed by atoms with Gasteiger partial charge in [0, 0.05) is 17.8 Å². The number of primary sulfonamides is 1. The number of hydrogen-bond donors (Lipinski definition) is 1. The second-order valence-electron chi connectivity index (χ2n) is 4.28. The number of benzene rings is 1. The van der Waals surface area contributed by atoms with Gasteiger partial charge in [-0.05, 0) is 36.4 Å². The second kappa shape index (κ2) is 5.12. The Balaban J connectivity index is 2.12. The summed E-state index contributed by atoms with van der Waals surface area (Å²) in [6, 6.07) is 11.8. The molecule has 0 atom stereocenters. The molecule has 0 bridgehead atoms. The minimum absolute atomic E-state index is 0.0589. The fraction of sp³-hybridized carbons (Fsp3) is 0. The zero-order valence-corrected chi connectivity index (χ0v) is 11.6. The topological polar surface area (TPSA) is 95.2 Å². The van der Waals surface area contributed by atoms with E-state index >= 15 is 0 Å². The largest absolute Gasteiger partial charge is 0.437 e. The first-order valence-corrected chi connectivity index (χ1v) is 7.60. The van der Waals surface area contributed by atoms with Gasteiger partial charge in [-0.15, -0.1) is 0 Å². The molecule has 0 fully saturated rings. The summed E-state index contributed by atoms with van der Waals surface area (Å²) in [5.41, 5.74) is 0.739. The first-order chi connectivity index (χ1) is 10.1. The third kappa shape index (κ3) is 2.69. The van der Waals surface area contributed by atoms with Gasteiger partial charge in [-0.25, -0.2) is 18.5 Å². The molecule has 0 saturated heterocycles. The van der Waals surface area contributed by atoms with Crippen LogP contribution in [0.25, 0.3) is 10.9 Å². The molecular weight excluding hydrogens is 290 g/mol. The maximum Gasteiger partial charge on any atom is 0.243 e. The van der Waals surface area contributed by atoms with Crippen LogP contribution in [0.3, 0.4) is 0 Å². The summed E-state index contributed by atoms with van der Waals surface area (Å²) in [6.45, 7) is 0. The Morgan fingerprint density at radius 1 is 0.952 bits per heavy atom. The Bertz CT molecular complexity index is 905. The predicted molar refractivity (Wildman–Crippen MR) is 77.4 cm³/mol. The summed E-state index contributed by atoms with van der Waals surface area (Å²) in [7, 11) is -3.91. The van der Waals surface area contributed by atoms with Gasteiger partial charge in [-0.3, -0.25) is 4.98 Å². The molecule has 106 valence electrons. The van der Waals surface area contributed by atoms with Crippen LogP contribution in [0.4, 0.5) is 0 Å². The highest BCUT2D eigenvalue weighted by Crippen LogP contribution is 2.30. The van der Waals surface area contributed by atoms with Crippen LogP contribution in [0.5, 0.6) is 11.6 Å². The van der Waals surface area contributed by atoms with Crippen LogP contribution in [0.15, 0.2) is 59.8 Å². The average molecular weight is 301 g/mol. The number of nitrogens with two attached hydrogens (primary N) is 1. The second-order valence-corrected chi connectivity index (χ2v) is 5.81. The van der Waals surface area contributed by atoms with Gasteiger partial charge in [0.25, 0.3) is 0 Å². The fourth-order valence-electron chi connectivity index (χ4n) is 1.94. The summed E-state index contributed by atoms with van der Waals surface area (Å²) < 4.78 is 28.7. The number of ether oxygens (including phenoxy) is 1. The molecule has 0 amide bonds. The molecule has 0 aliphatic carbocycles. The molecule has 0 radical (unpaired) electrons. The minimum atomic E-state index is -3.91. The lowest BCUT2D eigenvalue weighted by atomic mass is 10.2. The quantitative estimate of drug-likeness (QED) is 0.799. The zero-order chi connectivity index (χ0) is 14.9. The van der Waals surface area contributed by atoms with Crippen molar-refractivity contribution in [1.29, 1.82) is 0 Å². The highest BCUT2D eigenvalue weighted by atomic mass is 32.2. The molecule has 7 heteroatoms. The predicted octanol–water partition coefficient (Wildman–Crippen LogP) is 2.07. The molecule has 0 saturated carbocycles. The van der Waals surface area contributed by atoms with Gasteiger partial charge in [0.05, 0.1) is 5.52 Å². The fourth-order valence-corrected chi connectivity index (χ4v) is 2.54. The van der Waals surface area contributed by atoms with E-state index in [0.717, 1.165) is 10.9 Å². The van der Waals surface area contributed by atoms with Crippen LogP contribution >= 0.6 is 0 Å². The molecule has 0 aliphatic heterocycles. The van der Waals surface area contributed by atoms with E-state index in [2.05, 4.69) is 9.97 Å². The van der Waals surface area contributed by atoms with Crippen molar-refractivity contribution in [3.05, 3.63) is 54.9 Å². The van der Waals surface area contributed by atoms with Crippen LogP contribution in [0, 0.1) is 0 Å². The summed E-state index contributed by atoms with van der Waals surface area (Å²) in [5.74, 6) is 0.403. The van der Waals surface area contributed by atoms with Crippen molar-refractivity contribution in [2.24, 2.45) is 5.14 Å². The highest BCUT2D eigenvalue weighted by Gasteiger charge is 2.17. The zero-order valence-electron chi connectivity index (χ0n) is 10.8. The highest BCUT2D eigenvalue weighted by molar-refractivity contribution is 7.89. The number of rotatable bonds is 3. The van der Waals surface area contributed by atoms with Crippen molar-refractivity contribution in [1.82, 2.24) is 9.97 Å². The van der Waals surface area contributed by atoms with Crippen LogP contribution in [-0.2, 0) is 10.0 Å². The molecule has 0 aliphatic rings. The van der Waals surface area contributed by atoms with E-state index in [-0.39, 0.29) is 10.8 Å².